The van der Waals surface area contributed by atoms with E-state index in [4.69, 9.17) is 4.74 Å². The van der Waals surface area contributed by atoms with Crippen molar-refractivity contribution in [1.82, 2.24) is 0 Å². The summed E-state index contributed by atoms with van der Waals surface area (Å²) in [4.78, 5) is 36.2. The van der Waals surface area contributed by atoms with E-state index in [2.05, 4.69) is 6.92 Å². The van der Waals surface area contributed by atoms with E-state index in [9.17, 15) is 24.6 Å². The van der Waals surface area contributed by atoms with Gasteiger partial charge < -0.3 is 14.9 Å². The van der Waals surface area contributed by atoms with Crippen LogP contribution in [0.25, 0.3) is 0 Å². The highest BCUT2D eigenvalue weighted by Gasteiger charge is 2.68. The molecule has 4 rings (SSSR count). The SMILES string of the molecule is CC(=O)OCC(=O)[C@@]1(O)CC[C@H]2[C@@H]3CCC4=CC(=O)C=C(C)[C@]4(C)[C@H]3[C@@H](O)C[C@@]21C. The van der Waals surface area contributed by atoms with Crippen molar-refractivity contribution >= 4 is 17.5 Å². The van der Waals surface area contributed by atoms with Crippen LogP contribution in [0.1, 0.15) is 59.8 Å². The van der Waals surface area contributed by atoms with Gasteiger partial charge in [0.05, 0.1) is 6.10 Å². The van der Waals surface area contributed by atoms with Crippen molar-refractivity contribution in [1.29, 1.82) is 0 Å². The van der Waals surface area contributed by atoms with Gasteiger partial charge in [0.15, 0.2) is 12.4 Å². The number of hydrogen-bond acceptors (Lipinski definition) is 6. The molecule has 0 amide bonds. The first-order valence-corrected chi connectivity index (χ1v) is 11.0. The van der Waals surface area contributed by atoms with E-state index in [-0.39, 0.29) is 29.0 Å². The monoisotopic (exact) mass is 416 g/mol. The number of aliphatic hydroxyl groups is 2. The van der Waals surface area contributed by atoms with Gasteiger partial charge in [0.1, 0.15) is 5.60 Å². The molecule has 30 heavy (non-hydrogen) atoms. The summed E-state index contributed by atoms with van der Waals surface area (Å²) < 4.78 is 4.89. The Bertz CT molecular complexity index is 871. The van der Waals surface area contributed by atoms with E-state index in [1.54, 1.807) is 12.2 Å². The Hall–Kier alpha value is -1.79. The molecule has 0 aromatic carbocycles. The van der Waals surface area contributed by atoms with Crippen molar-refractivity contribution in [2.45, 2.75) is 71.5 Å². The van der Waals surface area contributed by atoms with Crippen LogP contribution in [0.15, 0.2) is 23.3 Å². The van der Waals surface area contributed by atoms with Crippen LogP contribution in [0.3, 0.4) is 0 Å². The van der Waals surface area contributed by atoms with Crippen LogP contribution >= 0.6 is 0 Å². The van der Waals surface area contributed by atoms with Gasteiger partial charge in [-0.1, -0.05) is 25.0 Å². The quantitative estimate of drug-likeness (QED) is 0.686. The number of aliphatic hydroxyl groups excluding tert-OH is 1. The highest BCUT2D eigenvalue weighted by molar-refractivity contribution is 6.02. The summed E-state index contributed by atoms with van der Waals surface area (Å²) in [6, 6.07) is 0. The molecule has 0 spiro atoms. The van der Waals surface area contributed by atoms with Crippen molar-refractivity contribution in [2.75, 3.05) is 6.61 Å². The Morgan fingerprint density at radius 3 is 2.60 bits per heavy atom. The second kappa shape index (κ2) is 6.86. The number of allylic oxidation sites excluding steroid dienone is 4. The lowest BCUT2D eigenvalue weighted by atomic mass is 9.45. The normalized spacial score (nSPS) is 44.9. The molecule has 0 radical (unpaired) electrons. The van der Waals surface area contributed by atoms with E-state index >= 15 is 0 Å². The van der Waals surface area contributed by atoms with E-state index in [0.29, 0.717) is 19.3 Å². The van der Waals surface area contributed by atoms with Crippen LogP contribution in [-0.4, -0.2) is 46.1 Å². The number of fused-ring (bicyclic) bond motifs is 5. The molecule has 4 aliphatic rings. The van der Waals surface area contributed by atoms with Gasteiger partial charge in [0.25, 0.3) is 0 Å². The second-order valence-electron chi connectivity index (χ2n) is 10.2. The van der Waals surface area contributed by atoms with E-state index in [1.165, 1.54) is 6.92 Å². The molecular formula is C24H32O6. The fraction of sp³-hybridized carbons (Fsp3) is 0.708. The second-order valence-corrected chi connectivity index (χ2v) is 10.2. The topological polar surface area (TPSA) is 101 Å². The van der Waals surface area contributed by atoms with Gasteiger partial charge in [0.2, 0.25) is 5.78 Å². The van der Waals surface area contributed by atoms with Crippen LogP contribution < -0.4 is 0 Å². The molecule has 0 unspecified atom stereocenters. The summed E-state index contributed by atoms with van der Waals surface area (Å²) in [6.07, 6.45) is 5.65. The summed E-state index contributed by atoms with van der Waals surface area (Å²) in [5.74, 6) is -0.834. The van der Waals surface area contributed by atoms with Crippen LogP contribution in [0, 0.1) is 28.6 Å². The van der Waals surface area contributed by atoms with Gasteiger partial charge in [-0.25, -0.2) is 0 Å². The van der Waals surface area contributed by atoms with Crippen LogP contribution in [0.2, 0.25) is 0 Å². The lowest BCUT2D eigenvalue weighted by Crippen LogP contribution is -2.62. The molecule has 6 nitrogen and oxygen atoms in total. The molecule has 7 atom stereocenters. The van der Waals surface area contributed by atoms with Crippen molar-refractivity contribution in [3.05, 3.63) is 23.3 Å². The van der Waals surface area contributed by atoms with E-state index in [1.807, 2.05) is 13.8 Å². The first-order chi connectivity index (χ1) is 13.9. The average Bonchev–Trinajstić information content (AvgIpc) is 2.92. The smallest absolute Gasteiger partial charge is 0.303 e. The third-order valence-corrected chi connectivity index (χ3v) is 9.05. The minimum Gasteiger partial charge on any atom is -0.458 e. The van der Waals surface area contributed by atoms with Crippen molar-refractivity contribution in [3.63, 3.8) is 0 Å². The average molecular weight is 417 g/mol. The highest BCUT2D eigenvalue weighted by Crippen LogP contribution is 2.67. The van der Waals surface area contributed by atoms with E-state index < -0.39 is 35.5 Å². The lowest BCUT2D eigenvalue weighted by molar-refractivity contribution is -0.181. The predicted molar refractivity (Wildman–Crippen MR) is 109 cm³/mol. The van der Waals surface area contributed by atoms with Crippen molar-refractivity contribution in [3.8, 4) is 0 Å². The number of ketones is 2. The number of esters is 1. The highest BCUT2D eigenvalue weighted by atomic mass is 16.5. The number of Topliss-reactive ketones (excluding diaryl/α,β-unsaturated/α-hetero) is 1. The van der Waals surface area contributed by atoms with Crippen molar-refractivity contribution in [2.24, 2.45) is 28.6 Å². The molecule has 0 bridgehead atoms. The van der Waals surface area contributed by atoms with Crippen LogP contribution in [0.4, 0.5) is 0 Å². The number of carbonyl (C=O) groups excluding carboxylic acids is 3. The van der Waals surface area contributed by atoms with Crippen LogP contribution in [0.5, 0.6) is 0 Å². The van der Waals surface area contributed by atoms with Gasteiger partial charge in [-0.15, -0.1) is 0 Å². The zero-order valence-electron chi connectivity index (χ0n) is 18.2. The molecule has 0 aromatic heterocycles. The predicted octanol–water partition coefficient (Wildman–Crippen LogP) is 2.52. The fourth-order valence-electron chi connectivity index (χ4n) is 7.43. The Morgan fingerprint density at radius 1 is 1.23 bits per heavy atom. The number of hydrogen-bond donors (Lipinski definition) is 2. The Kier molecular flexibility index (Phi) is 4.90. The molecule has 6 heteroatoms. The van der Waals surface area contributed by atoms with Gasteiger partial charge in [-0.2, -0.15) is 0 Å². The summed E-state index contributed by atoms with van der Waals surface area (Å²) >= 11 is 0. The maximum Gasteiger partial charge on any atom is 0.303 e. The van der Waals surface area contributed by atoms with Gasteiger partial charge in [0, 0.05) is 23.7 Å². The Labute approximate surface area is 177 Å². The third-order valence-electron chi connectivity index (χ3n) is 9.05. The number of ether oxygens (including phenoxy) is 1. The molecule has 3 saturated carbocycles. The minimum atomic E-state index is -1.61. The Morgan fingerprint density at radius 2 is 1.93 bits per heavy atom. The molecule has 2 N–H and O–H groups in total. The van der Waals surface area contributed by atoms with Gasteiger partial charge in [-0.05, 0) is 63.0 Å². The molecule has 4 aliphatic carbocycles. The zero-order chi connectivity index (χ0) is 22.1. The number of rotatable bonds is 3. The summed E-state index contributed by atoms with van der Waals surface area (Å²) in [5.41, 5.74) is -0.675. The van der Waals surface area contributed by atoms with E-state index in [0.717, 1.165) is 24.0 Å². The number of carbonyl (C=O) groups is 3. The zero-order valence-corrected chi connectivity index (χ0v) is 18.2. The largest absolute Gasteiger partial charge is 0.458 e. The lowest BCUT2D eigenvalue weighted by Gasteiger charge is -2.60. The van der Waals surface area contributed by atoms with Crippen LogP contribution in [-0.2, 0) is 19.1 Å². The Balaban J connectivity index is 1.69. The maximum absolute atomic E-state index is 12.9. The first kappa shape index (κ1) is 21.4. The molecule has 0 aliphatic heterocycles. The molecule has 0 saturated heterocycles. The summed E-state index contributed by atoms with van der Waals surface area (Å²) in [5, 5.41) is 22.9. The molecule has 0 aromatic rings. The third kappa shape index (κ3) is 2.72. The molecule has 3 fully saturated rings. The minimum absolute atomic E-state index is 0.0138. The molecule has 0 heterocycles. The van der Waals surface area contributed by atoms with Gasteiger partial charge in [-0.3, -0.25) is 14.4 Å². The van der Waals surface area contributed by atoms with Gasteiger partial charge >= 0.3 is 5.97 Å². The maximum atomic E-state index is 12.9. The summed E-state index contributed by atoms with van der Waals surface area (Å²) in [7, 11) is 0. The standard InChI is InChI=1S/C24H32O6/c1-13-9-16(26)10-15-5-6-17-18-7-8-24(29,20(28)12-30-14(2)25)22(18,3)11-19(27)21(17)23(13,15)4/h9-10,17-19,21,27,29H,5-8,11-12H2,1-4H3/t17-,18-,19-,21+,22-,23-,24-/m0/s1. The molecular weight excluding hydrogens is 384 g/mol. The first-order valence-electron chi connectivity index (χ1n) is 11.0. The molecule has 164 valence electrons. The van der Waals surface area contributed by atoms with Crippen molar-refractivity contribution < 1.29 is 29.3 Å². The summed E-state index contributed by atoms with van der Waals surface area (Å²) in [6.45, 7) is 6.82. The fourth-order valence-corrected chi connectivity index (χ4v) is 7.43.